The molecule has 0 spiro atoms. The lowest BCUT2D eigenvalue weighted by Crippen LogP contribution is -2.28. The van der Waals surface area contributed by atoms with Crippen LogP contribution in [-0.4, -0.2) is 23.1 Å². The van der Waals surface area contributed by atoms with Crippen LogP contribution in [0.1, 0.15) is 30.7 Å². The Hall–Kier alpha value is -1.04. The highest BCUT2D eigenvalue weighted by molar-refractivity contribution is 5.08. The van der Waals surface area contributed by atoms with Gasteiger partial charge in [-0.15, -0.1) is 0 Å². The Labute approximate surface area is 91.2 Å². The van der Waals surface area contributed by atoms with E-state index in [0.717, 1.165) is 32.0 Å². The van der Waals surface area contributed by atoms with E-state index in [-0.39, 0.29) is 5.76 Å². The molecular formula is C10H13F3N2O. The summed E-state index contributed by atoms with van der Waals surface area (Å²) in [5.41, 5.74) is -0.945. The van der Waals surface area contributed by atoms with E-state index < -0.39 is 11.9 Å². The number of hydrogen-bond donors (Lipinski definition) is 0. The SMILES string of the molecule is FC(F)(F)c1cc(CN2CCCCC2)on1. The minimum Gasteiger partial charge on any atom is -0.359 e. The normalized spacial score (nSPS) is 18.9. The molecule has 1 saturated heterocycles. The second-order valence-electron chi connectivity index (χ2n) is 4.01. The second-order valence-corrected chi connectivity index (χ2v) is 4.01. The van der Waals surface area contributed by atoms with Crippen LogP contribution in [-0.2, 0) is 12.7 Å². The molecule has 2 heterocycles. The predicted octanol–water partition coefficient (Wildman–Crippen LogP) is 2.68. The van der Waals surface area contributed by atoms with Gasteiger partial charge >= 0.3 is 6.18 Å². The molecule has 1 aliphatic heterocycles. The third-order valence-corrected chi connectivity index (χ3v) is 2.68. The van der Waals surface area contributed by atoms with E-state index in [4.69, 9.17) is 0 Å². The zero-order chi connectivity index (χ0) is 11.6. The number of piperidine rings is 1. The molecule has 0 aliphatic carbocycles. The predicted molar refractivity (Wildman–Crippen MR) is 50.6 cm³/mol. The van der Waals surface area contributed by atoms with Gasteiger partial charge in [-0.25, -0.2) is 0 Å². The lowest BCUT2D eigenvalue weighted by Gasteiger charge is -2.24. The quantitative estimate of drug-likeness (QED) is 0.787. The number of aromatic nitrogens is 1. The van der Waals surface area contributed by atoms with Gasteiger partial charge in [-0.2, -0.15) is 13.2 Å². The molecule has 0 bridgehead atoms. The zero-order valence-electron chi connectivity index (χ0n) is 8.76. The number of rotatable bonds is 2. The molecular weight excluding hydrogens is 221 g/mol. The van der Waals surface area contributed by atoms with Crippen molar-refractivity contribution < 1.29 is 17.7 Å². The van der Waals surface area contributed by atoms with Gasteiger partial charge in [0.05, 0.1) is 6.54 Å². The van der Waals surface area contributed by atoms with E-state index in [2.05, 4.69) is 14.6 Å². The molecule has 0 unspecified atom stereocenters. The number of likely N-dealkylation sites (tertiary alicyclic amines) is 1. The van der Waals surface area contributed by atoms with Gasteiger partial charge in [0.1, 0.15) is 0 Å². The van der Waals surface area contributed by atoms with Crippen molar-refractivity contribution >= 4 is 0 Å². The fourth-order valence-corrected chi connectivity index (χ4v) is 1.86. The van der Waals surface area contributed by atoms with Crippen molar-refractivity contribution in [3.05, 3.63) is 17.5 Å². The highest BCUT2D eigenvalue weighted by Gasteiger charge is 2.35. The lowest BCUT2D eigenvalue weighted by molar-refractivity contribution is -0.142. The van der Waals surface area contributed by atoms with E-state index in [1.807, 2.05) is 0 Å². The Morgan fingerprint density at radius 1 is 1.25 bits per heavy atom. The average molecular weight is 234 g/mol. The second kappa shape index (κ2) is 4.45. The molecule has 2 rings (SSSR count). The molecule has 1 aromatic rings. The fraction of sp³-hybridized carbons (Fsp3) is 0.700. The first kappa shape index (κ1) is 11.4. The molecule has 1 aromatic heterocycles. The van der Waals surface area contributed by atoms with Crippen molar-refractivity contribution in [2.24, 2.45) is 0 Å². The van der Waals surface area contributed by atoms with Gasteiger partial charge in [-0.05, 0) is 25.9 Å². The molecule has 3 nitrogen and oxygen atoms in total. The summed E-state index contributed by atoms with van der Waals surface area (Å²) in [7, 11) is 0. The smallest absolute Gasteiger partial charge is 0.359 e. The van der Waals surface area contributed by atoms with Crippen molar-refractivity contribution in [3.8, 4) is 0 Å². The maximum absolute atomic E-state index is 12.2. The largest absolute Gasteiger partial charge is 0.436 e. The first-order valence-electron chi connectivity index (χ1n) is 5.31. The molecule has 0 aromatic carbocycles. The van der Waals surface area contributed by atoms with Gasteiger partial charge < -0.3 is 4.52 Å². The molecule has 1 fully saturated rings. The third-order valence-electron chi connectivity index (χ3n) is 2.68. The molecule has 0 amide bonds. The third kappa shape index (κ3) is 2.75. The Morgan fingerprint density at radius 2 is 1.94 bits per heavy atom. The van der Waals surface area contributed by atoms with E-state index >= 15 is 0 Å². The molecule has 1 aliphatic rings. The summed E-state index contributed by atoms with van der Waals surface area (Å²) in [4.78, 5) is 2.09. The van der Waals surface area contributed by atoms with Crippen LogP contribution < -0.4 is 0 Å². The van der Waals surface area contributed by atoms with Crippen molar-refractivity contribution in [1.82, 2.24) is 10.1 Å². The monoisotopic (exact) mass is 234 g/mol. The standard InChI is InChI=1S/C10H13F3N2O/c11-10(12,13)9-6-8(16-14-9)7-15-4-2-1-3-5-15/h6H,1-5,7H2. The topological polar surface area (TPSA) is 29.3 Å². The average Bonchev–Trinajstić information content (AvgIpc) is 2.67. The van der Waals surface area contributed by atoms with E-state index in [0.29, 0.717) is 6.54 Å². The van der Waals surface area contributed by atoms with Crippen LogP contribution in [0.2, 0.25) is 0 Å². The molecule has 16 heavy (non-hydrogen) atoms. The van der Waals surface area contributed by atoms with E-state index in [9.17, 15) is 13.2 Å². The van der Waals surface area contributed by atoms with Gasteiger partial charge in [0, 0.05) is 6.07 Å². The number of hydrogen-bond acceptors (Lipinski definition) is 3. The first-order valence-corrected chi connectivity index (χ1v) is 5.31. The molecule has 0 saturated carbocycles. The van der Waals surface area contributed by atoms with Crippen LogP contribution in [0.15, 0.2) is 10.6 Å². The van der Waals surface area contributed by atoms with Crippen molar-refractivity contribution in [2.75, 3.05) is 13.1 Å². The molecule has 90 valence electrons. The highest BCUT2D eigenvalue weighted by Crippen LogP contribution is 2.28. The Morgan fingerprint density at radius 3 is 2.50 bits per heavy atom. The summed E-state index contributed by atoms with van der Waals surface area (Å²) < 4.78 is 41.4. The molecule has 0 N–H and O–H groups in total. The summed E-state index contributed by atoms with van der Waals surface area (Å²) in [6, 6.07) is 0.981. The maximum atomic E-state index is 12.2. The molecule has 0 radical (unpaired) electrons. The van der Waals surface area contributed by atoms with Crippen molar-refractivity contribution in [2.45, 2.75) is 32.0 Å². The van der Waals surface area contributed by atoms with Gasteiger partial charge in [0.15, 0.2) is 11.5 Å². The zero-order valence-corrected chi connectivity index (χ0v) is 8.76. The summed E-state index contributed by atoms with van der Waals surface area (Å²) in [5.74, 6) is 0.286. The van der Waals surface area contributed by atoms with Crippen LogP contribution in [0.25, 0.3) is 0 Å². The number of alkyl halides is 3. The van der Waals surface area contributed by atoms with Gasteiger partial charge in [-0.1, -0.05) is 11.6 Å². The summed E-state index contributed by atoms with van der Waals surface area (Å²) >= 11 is 0. The van der Waals surface area contributed by atoms with Crippen molar-refractivity contribution in [3.63, 3.8) is 0 Å². The Balaban J connectivity index is 1.97. The van der Waals surface area contributed by atoms with Gasteiger partial charge in [-0.3, -0.25) is 4.90 Å². The van der Waals surface area contributed by atoms with Crippen LogP contribution in [0.4, 0.5) is 13.2 Å². The highest BCUT2D eigenvalue weighted by atomic mass is 19.4. The van der Waals surface area contributed by atoms with E-state index in [1.165, 1.54) is 6.42 Å². The van der Waals surface area contributed by atoms with Crippen LogP contribution in [0, 0.1) is 0 Å². The maximum Gasteiger partial charge on any atom is 0.436 e. The van der Waals surface area contributed by atoms with Crippen molar-refractivity contribution in [1.29, 1.82) is 0 Å². The number of halogens is 3. The Kier molecular flexibility index (Phi) is 3.18. The van der Waals surface area contributed by atoms with Gasteiger partial charge in [0.25, 0.3) is 0 Å². The first-order chi connectivity index (χ1) is 7.55. The summed E-state index contributed by atoms with van der Waals surface area (Å²) in [6.45, 7) is 2.26. The van der Waals surface area contributed by atoms with Crippen LogP contribution in [0.5, 0.6) is 0 Å². The van der Waals surface area contributed by atoms with Crippen LogP contribution >= 0.6 is 0 Å². The number of nitrogens with zero attached hydrogens (tertiary/aromatic N) is 2. The fourth-order valence-electron chi connectivity index (χ4n) is 1.86. The minimum absolute atomic E-state index is 0.286. The molecule has 6 heteroatoms. The summed E-state index contributed by atoms with van der Waals surface area (Å²) in [5, 5.41) is 3.03. The van der Waals surface area contributed by atoms with E-state index in [1.54, 1.807) is 0 Å². The van der Waals surface area contributed by atoms with Crippen LogP contribution in [0.3, 0.4) is 0 Å². The minimum atomic E-state index is -4.41. The lowest BCUT2D eigenvalue weighted by atomic mass is 10.1. The Bertz CT molecular complexity index is 342. The van der Waals surface area contributed by atoms with Gasteiger partial charge in [0.2, 0.25) is 0 Å². The summed E-state index contributed by atoms with van der Waals surface area (Å²) in [6.07, 6.45) is -1.02. The molecule has 0 atom stereocenters.